The van der Waals surface area contributed by atoms with Crippen molar-refractivity contribution in [3.05, 3.63) is 41.7 Å². The van der Waals surface area contributed by atoms with E-state index in [2.05, 4.69) is 27.7 Å². The van der Waals surface area contributed by atoms with Gasteiger partial charge in [-0.25, -0.2) is 10.5 Å². The number of hydrogen-bond donors (Lipinski definition) is 2. The molecule has 0 spiro atoms. The number of nitrogens with one attached hydrogen (secondary N) is 1. The lowest BCUT2D eigenvalue weighted by atomic mass is 9.88. The molecule has 0 bridgehead atoms. The van der Waals surface area contributed by atoms with Crippen LogP contribution in [0.1, 0.15) is 41.6 Å². The third-order valence-electron chi connectivity index (χ3n) is 5.16. The Morgan fingerprint density at radius 3 is 2.61 bits per heavy atom. The Kier molecular flexibility index (Phi) is 6.37. The van der Waals surface area contributed by atoms with Crippen molar-refractivity contribution in [2.24, 2.45) is 5.84 Å². The molecule has 1 unspecified atom stereocenters. The molecule has 1 aliphatic heterocycles. The van der Waals surface area contributed by atoms with E-state index in [1.54, 1.807) is 29.2 Å². The Morgan fingerprint density at radius 1 is 1.25 bits per heavy atom. The maximum atomic E-state index is 13.4. The van der Waals surface area contributed by atoms with E-state index in [1.165, 1.54) is 0 Å². The van der Waals surface area contributed by atoms with Crippen molar-refractivity contribution in [2.45, 2.75) is 25.7 Å². The van der Waals surface area contributed by atoms with Gasteiger partial charge in [-0.15, -0.1) is 5.10 Å². The van der Waals surface area contributed by atoms with Crippen molar-refractivity contribution < 1.29 is 9.59 Å². The Hall–Kier alpha value is -2.78. The van der Waals surface area contributed by atoms with E-state index < -0.39 is 11.8 Å². The highest BCUT2D eigenvalue weighted by Gasteiger charge is 2.30. The molecule has 9 nitrogen and oxygen atoms in total. The summed E-state index contributed by atoms with van der Waals surface area (Å²) in [6.45, 7) is 5.11. The first-order chi connectivity index (χ1) is 13.5. The van der Waals surface area contributed by atoms with Crippen LogP contribution in [0.15, 0.2) is 30.6 Å². The van der Waals surface area contributed by atoms with E-state index in [0.29, 0.717) is 30.6 Å². The zero-order valence-corrected chi connectivity index (χ0v) is 16.3. The van der Waals surface area contributed by atoms with Crippen LogP contribution < -0.4 is 11.3 Å². The molecule has 1 aromatic carbocycles. The normalized spacial score (nSPS) is 16.0. The molecule has 2 heterocycles. The summed E-state index contributed by atoms with van der Waals surface area (Å²) in [7, 11) is 2.05. The number of hydrazine groups is 1. The molecule has 1 aliphatic rings. The van der Waals surface area contributed by atoms with Crippen LogP contribution in [0.5, 0.6) is 0 Å². The van der Waals surface area contributed by atoms with Crippen LogP contribution in [0.25, 0.3) is 5.69 Å². The summed E-state index contributed by atoms with van der Waals surface area (Å²) in [5, 5.41) is 7.84. The van der Waals surface area contributed by atoms with Crippen molar-refractivity contribution in [1.29, 1.82) is 0 Å². The molecule has 1 fully saturated rings. The summed E-state index contributed by atoms with van der Waals surface area (Å²) in [5.74, 6) is 4.62. The summed E-state index contributed by atoms with van der Waals surface area (Å²) in [6.07, 6.45) is 4.77. The van der Waals surface area contributed by atoms with Crippen LogP contribution in [0.2, 0.25) is 0 Å². The third kappa shape index (κ3) is 4.20. The smallest absolute Gasteiger partial charge is 0.265 e. The number of nitrogens with zero attached hydrogens (tertiary/aromatic N) is 5. The Labute approximate surface area is 164 Å². The van der Waals surface area contributed by atoms with Crippen LogP contribution in [-0.4, -0.2) is 69.8 Å². The first kappa shape index (κ1) is 20.0. The molecule has 2 aromatic rings. The number of carbonyl (C=O) groups excluding carboxylic acids is 2. The molecule has 0 radical (unpaired) electrons. The number of likely N-dealkylation sites (N-methyl/N-ethyl adjacent to an activating group) is 1. The molecule has 150 valence electrons. The van der Waals surface area contributed by atoms with Crippen molar-refractivity contribution in [3.63, 3.8) is 0 Å². The molecule has 0 saturated carbocycles. The van der Waals surface area contributed by atoms with Gasteiger partial charge >= 0.3 is 0 Å². The standard InChI is InChI=1S/C19H27N7O2/c1-3-4-16(19(28)25-11-9-24(2)10-12-25)17-13-14(26-8-7-21-23-26)5-6-15(17)18(27)22-20/h5-8,13,16H,3-4,9-12,20H2,1-2H3,(H,22,27). The zero-order valence-electron chi connectivity index (χ0n) is 16.3. The Morgan fingerprint density at radius 2 is 2.00 bits per heavy atom. The molecule has 1 saturated heterocycles. The number of hydrogen-bond acceptors (Lipinski definition) is 6. The highest BCUT2D eigenvalue weighted by atomic mass is 16.2. The van der Waals surface area contributed by atoms with Gasteiger partial charge in [0.15, 0.2) is 0 Å². The monoisotopic (exact) mass is 385 g/mol. The van der Waals surface area contributed by atoms with Crippen LogP contribution >= 0.6 is 0 Å². The van der Waals surface area contributed by atoms with E-state index in [-0.39, 0.29) is 5.91 Å². The fourth-order valence-corrected chi connectivity index (χ4v) is 3.56. The largest absolute Gasteiger partial charge is 0.340 e. The average Bonchev–Trinajstić information content (AvgIpc) is 3.26. The maximum Gasteiger partial charge on any atom is 0.265 e. The molecule has 2 amide bonds. The van der Waals surface area contributed by atoms with Gasteiger partial charge in [-0.05, 0) is 37.2 Å². The number of amides is 2. The minimum absolute atomic E-state index is 0.0526. The minimum Gasteiger partial charge on any atom is -0.340 e. The lowest BCUT2D eigenvalue weighted by molar-refractivity contribution is -0.134. The molecule has 3 rings (SSSR count). The fraction of sp³-hybridized carbons (Fsp3) is 0.474. The molecule has 28 heavy (non-hydrogen) atoms. The Balaban J connectivity index is 2.00. The lowest BCUT2D eigenvalue weighted by Gasteiger charge is -2.35. The van der Waals surface area contributed by atoms with Gasteiger partial charge in [0.2, 0.25) is 5.91 Å². The van der Waals surface area contributed by atoms with E-state index in [9.17, 15) is 9.59 Å². The number of piperazine rings is 1. The molecule has 0 aliphatic carbocycles. The minimum atomic E-state index is -0.413. The summed E-state index contributed by atoms with van der Waals surface area (Å²) in [5.41, 5.74) is 4.01. The van der Waals surface area contributed by atoms with E-state index >= 15 is 0 Å². The van der Waals surface area contributed by atoms with Crippen molar-refractivity contribution in [3.8, 4) is 5.69 Å². The summed E-state index contributed by atoms with van der Waals surface area (Å²) >= 11 is 0. The predicted octanol–water partition coefficient (Wildman–Crippen LogP) is 0.529. The number of aromatic nitrogens is 3. The number of nitrogens with two attached hydrogens (primary N) is 1. The van der Waals surface area contributed by atoms with Gasteiger partial charge in [-0.2, -0.15) is 0 Å². The van der Waals surface area contributed by atoms with Gasteiger partial charge in [-0.1, -0.05) is 18.6 Å². The number of nitrogen functional groups attached to an aromatic ring is 1. The van der Waals surface area contributed by atoms with E-state index in [1.807, 2.05) is 17.9 Å². The van der Waals surface area contributed by atoms with Gasteiger partial charge in [0, 0.05) is 31.7 Å². The molecule has 9 heteroatoms. The molecule has 1 atom stereocenters. The van der Waals surface area contributed by atoms with E-state index in [0.717, 1.165) is 25.2 Å². The van der Waals surface area contributed by atoms with Crippen molar-refractivity contribution in [2.75, 3.05) is 33.2 Å². The molecule has 3 N–H and O–H groups in total. The third-order valence-corrected chi connectivity index (χ3v) is 5.16. The second kappa shape index (κ2) is 8.94. The Bertz CT molecular complexity index is 814. The van der Waals surface area contributed by atoms with E-state index in [4.69, 9.17) is 5.84 Å². The van der Waals surface area contributed by atoms with Gasteiger partial charge in [0.1, 0.15) is 0 Å². The summed E-state index contributed by atoms with van der Waals surface area (Å²) < 4.78 is 1.61. The highest BCUT2D eigenvalue weighted by Crippen LogP contribution is 2.29. The first-order valence-electron chi connectivity index (χ1n) is 9.54. The van der Waals surface area contributed by atoms with Crippen LogP contribution in [-0.2, 0) is 4.79 Å². The predicted molar refractivity (Wildman–Crippen MR) is 105 cm³/mol. The second-order valence-corrected chi connectivity index (χ2v) is 7.06. The number of rotatable bonds is 6. The van der Waals surface area contributed by atoms with Crippen LogP contribution in [0, 0.1) is 0 Å². The van der Waals surface area contributed by atoms with Gasteiger partial charge in [-0.3, -0.25) is 15.0 Å². The topological polar surface area (TPSA) is 109 Å². The van der Waals surface area contributed by atoms with Gasteiger partial charge in [0.25, 0.3) is 5.91 Å². The summed E-state index contributed by atoms with van der Waals surface area (Å²) in [4.78, 5) is 29.8. The molecular weight excluding hydrogens is 358 g/mol. The SMILES string of the molecule is CCCC(C(=O)N1CCN(C)CC1)c1cc(-n2ccnn2)ccc1C(=O)NN. The fourth-order valence-electron chi connectivity index (χ4n) is 3.56. The van der Waals surface area contributed by atoms with Gasteiger partial charge in [0.05, 0.1) is 24.0 Å². The lowest BCUT2D eigenvalue weighted by Crippen LogP contribution is -2.48. The molecular formula is C19H27N7O2. The number of carbonyl (C=O) groups is 2. The average molecular weight is 385 g/mol. The maximum absolute atomic E-state index is 13.4. The van der Waals surface area contributed by atoms with Crippen molar-refractivity contribution in [1.82, 2.24) is 30.2 Å². The molecule has 1 aromatic heterocycles. The quantitative estimate of drug-likeness (QED) is 0.426. The second-order valence-electron chi connectivity index (χ2n) is 7.06. The van der Waals surface area contributed by atoms with Gasteiger partial charge < -0.3 is 9.80 Å². The summed E-state index contributed by atoms with van der Waals surface area (Å²) in [6, 6.07) is 5.30. The van der Waals surface area contributed by atoms with Crippen LogP contribution in [0.3, 0.4) is 0 Å². The first-order valence-corrected chi connectivity index (χ1v) is 9.54. The zero-order chi connectivity index (χ0) is 20.1. The van der Waals surface area contributed by atoms with Crippen molar-refractivity contribution >= 4 is 11.8 Å². The van der Waals surface area contributed by atoms with Crippen LogP contribution in [0.4, 0.5) is 0 Å². The number of benzene rings is 1. The highest BCUT2D eigenvalue weighted by molar-refractivity contribution is 5.98.